The number of H-pyrrole nitrogens is 1. The molecule has 2 heteroatoms. The van der Waals surface area contributed by atoms with Gasteiger partial charge >= 0.3 is 0 Å². The molecule has 0 aliphatic heterocycles. The fraction of sp³-hybridized carbons (Fsp3) is 0.667. The maximum absolute atomic E-state index is 3.92. The highest BCUT2D eigenvalue weighted by Crippen LogP contribution is 2.14. The smallest absolute Gasteiger partial charge is 0.0524 e. The zero-order valence-corrected chi connectivity index (χ0v) is 8.10. The number of aromatic nitrogens is 2. The maximum Gasteiger partial charge on any atom is 0.0524 e. The van der Waals surface area contributed by atoms with E-state index >= 15 is 0 Å². The predicted molar refractivity (Wildman–Crippen MR) is 48.8 cm³/mol. The first-order chi connectivity index (χ1) is 5.22. The van der Waals surface area contributed by atoms with Gasteiger partial charge in [0.15, 0.2) is 0 Å². The highest BCUT2D eigenvalue weighted by Gasteiger charge is 2.02. The molecular formula is C9H18N2. The number of hydrogen-bond donors (Lipinski definition) is 1. The average Bonchev–Trinajstić information content (AvgIpc) is 2.39. The van der Waals surface area contributed by atoms with Gasteiger partial charge in [-0.15, -0.1) is 0 Å². The van der Waals surface area contributed by atoms with E-state index in [2.05, 4.69) is 24.0 Å². The molecule has 0 aliphatic rings. The quantitative estimate of drug-likeness (QED) is 0.662. The molecule has 0 fully saturated rings. The molecule has 11 heavy (non-hydrogen) atoms. The first kappa shape index (κ1) is 10.2. The molecule has 0 aliphatic carbocycles. The van der Waals surface area contributed by atoms with Gasteiger partial charge in [-0.25, -0.2) is 0 Å². The molecular weight excluding hydrogens is 136 g/mol. The molecule has 0 spiro atoms. The van der Waals surface area contributed by atoms with E-state index in [0.717, 1.165) is 0 Å². The van der Waals surface area contributed by atoms with Gasteiger partial charge < -0.3 is 0 Å². The predicted octanol–water partition coefficient (Wildman–Crippen LogP) is 2.87. The second-order valence-corrected chi connectivity index (χ2v) is 2.61. The lowest BCUT2D eigenvalue weighted by Gasteiger charge is -1.99. The van der Waals surface area contributed by atoms with Crippen molar-refractivity contribution in [3.8, 4) is 0 Å². The minimum absolute atomic E-state index is 0.587. The molecule has 0 atom stereocenters. The highest BCUT2D eigenvalue weighted by molar-refractivity contribution is 5.17. The van der Waals surface area contributed by atoms with Crippen LogP contribution in [-0.4, -0.2) is 10.2 Å². The van der Waals surface area contributed by atoms with Gasteiger partial charge in [-0.05, 0) is 18.4 Å². The van der Waals surface area contributed by atoms with E-state index in [0.29, 0.717) is 5.92 Å². The molecule has 0 bridgehead atoms. The Hall–Kier alpha value is -0.790. The number of nitrogens with zero attached hydrogens (tertiary/aromatic N) is 1. The van der Waals surface area contributed by atoms with Gasteiger partial charge in [0.05, 0.1) is 6.20 Å². The average molecular weight is 154 g/mol. The first-order valence-corrected chi connectivity index (χ1v) is 4.21. The number of rotatable bonds is 1. The van der Waals surface area contributed by atoms with Crippen molar-refractivity contribution in [1.82, 2.24) is 10.2 Å². The van der Waals surface area contributed by atoms with Crippen LogP contribution in [0.5, 0.6) is 0 Å². The Morgan fingerprint density at radius 3 is 2.09 bits per heavy atom. The highest BCUT2D eigenvalue weighted by atomic mass is 15.1. The van der Waals surface area contributed by atoms with Crippen molar-refractivity contribution in [2.45, 2.75) is 40.5 Å². The Kier molecular flexibility index (Phi) is 4.59. The van der Waals surface area contributed by atoms with Crippen LogP contribution in [-0.2, 0) is 0 Å². The summed E-state index contributed by atoms with van der Waals surface area (Å²) in [6, 6.07) is 0. The summed E-state index contributed by atoms with van der Waals surface area (Å²) in [4.78, 5) is 0. The number of aryl methyl sites for hydroxylation is 1. The summed E-state index contributed by atoms with van der Waals surface area (Å²) >= 11 is 0. The van der Waals surface area contributed by atoms with Crippen LogP contribution in [0.4, 0.5) is 0 Å². The van der Waals surface area contributed by atoms with Crippen molar-refractivity contribution in [1.29, 1.82) is 0 Å². The molecule has 0 saturated heterocycles. The van der Waals surface area contributed by atoms with E-state index in [1.807, 2.05) is 27.0 Å². The van der Waals surface area contributed by atoms with Crippen LogP contribution in [0.2, 0.25) is 0 Å². The van der Waals surface area contributed by atoms with Crippen LogP contribution in [0.25, 0.3) is 0 Å². The lowest BCUT2D eigenvalue weighted by Crippen LogP contribution is -1.86. The van der Waals surface area contributed by atoms with Crippen LogP contribution in [0.1, 0.15) is 44.9 Å². The molecule has 0 radical (unpaired) electrons. The summed E-state index contributed by atoms with van der Waals surface area (Å²) in [5, 5.41) is 6.82. The monoisotopic (exact) mass is 154 g/mol. The molecule has 2 nitrogen and oxygen atoms in total. The standard InChI is InChI=1S/C7H12N2.C2H6/c1-5(2)7-4-8-9-6(7)3;1-2/h4-5H,1-3H3,(H,8,9);1-2H3. The van der Waals surface area contributed by atoms with Gasteiger partial charge in [-0.3, -0.25) is 5.10 Å². The molecule has 1 N–H and O–H groups in total. The van der Waals surface area contributed by atoms with E-state index in [9.17, 15) is 0 Å². The van der Waals surface area contributed by atoms with Gasteiger partial charge in [-0.2, -0.15) is 5.10 Å². The van der Waals surface area contributed by atoms with Crippen LogP contribution in [0.15, 0.2) is 6.20 Å². The molecule has 0 saturated carbocycles. The Morgan fingerprint density at radius 1 is 1.36 bits per heavy atom. The van der Waals surface area contributed by atoms with Gasteiger partial charge in [0.1, 0.15) is 0 Å². The van der Waals surface area contributed by atoms with E-state index in [1.165, 1.54) is 11.3 Å². The first-order valence-electron chi connectivity index (χ1n) is 4.21. The normalized spacial score (nSPS) is 9.27. The van der Waals surface area contributed by atoms with Gasteiger partial charge in [0, 0.05) is 5.69 Å². The van der Waals surface area contributed by atoms with Gasteiger partial charge in [0.25, 0.3) is 0 Å². The molecule has 1 aromatic heterocycles. The Morgan fingerprint density at radius 2 is 1.91 bits per heavy atom. The van der Waals surface area contributed by atoms with Crippen LogP contribution in [0.3, 0.4) is 0 Å². The third kappa shape index (κ3) is 2.74. The maximum atomic E-state index is 3.92. The Balaban J connectivity index is 0.000000461. The van der Waals surface area contributed by atoms with Gasteiger partial charge in [0.2, 0.25) is 0 Å². The van der Waals surface area contributed by atoms with Crippen LogP contribution in [0, 0.1) is 6.92 Å². The third-order valence-electron chi connectivity index (χ3n) is 1.49. The summed E-state index contributed by atoms with van der Waals surface area (Å²) in [6.07, 6.45) is 1.89. The second kappa shape index (κ2) is 4.94. The zero-order valence-electron chi connectivity index (χ0n) is 8.10. The Bertz CT molecular complexity index is 189. The number of aromatic amines is 1. The van der Waals surface area contributed by atoms with E-state index in [1.54, 1.807) is 0 Å². The largest absolute Gasteiger partial charge is 0.283 e. The van der Waals surface area contributed by atoms with Crippen molar-refractivity contribution in [2.24, 2.45) is 0 Å². The minimum atomic E-state index is 0.587. The SMILES string of the molecule is CC.Cc1[nH]ncc1C(C)C. The molecule has 1 rings (SSSR count). The lowest BCUT2D eigenvalue weighted by molar-refractivity contribution is 0.857. The molecule has 1 aromatic rings. The topological polar surface area (TPSA) is 28.7 Å². The number of nitrogens with one attached hydrogen (secondary N) is 1. The van der Waals surface area contributed by atoms with E-state index in [4.69, 9.17) is 0 Å². The second-order valence-electron chi connectivity index (χ2n) is 2.61. The lowest BCUT2D eigenvalue weighted by atomic mass is 10.1. The molecule has 0 amide bonds. The zero-order chi connectivity index (χ0) is 8.85. The summed E-state index contributed by atoms with van der Waals surface area (Å²) in [6.45, 7) is 10.4. The van der Waals surface area contributed by atoms with Crippen molar-refractivity contribution in [2.75, 3.05) is 0 Å². The summed E-state index contributed by atoms with van der Waals surface area (Å²) < 4.78 is 0. The molecule has 0 aromatic carbocycles. The fourth-order valence-electron chi connectivity index (χ4n) is 0.942. The fourth-order valence-corrected chi connectivity index (χ4v) is 0.942. The molecule has 1 heterocycles. The van der Waals surface area contributed by atoms with E-state index < -0.39 is 0 Å². The minimum Gasteiger partial charge on any atom is -0.283 e. The van der Waals surface area contributed by atoms with Gasteiger partial charge in [-0.1, -0.05) is 27.7 Å². The number of hydrogen-bond acceptors (Lipinski definition) is 1. The van der Waals surface area contributed by atoms with Crippen molar-refractivity contribution < 1.29 is 0 Å². The van der Waals surface area contributed by atoms with Crippen molar-refractivity contribution in [3.63, 3.8) is 0 Å². The van der Waals surface area contributed by atoms with Crippen LogP contribution < -0.4 is 0 Å². The van der Waals surface area contributed by atoms with E-state index in [-0.39, 0.29) is 0 Å². The Labute approximate surface area is 69.0 Å². The summed E-state index contributed by atoms with van der Waals surface area (Å²) in [5.41, 5.74) is 2.50. The summed E-state index contributed by atoms with van der Waals surface area (Å²) in [5.74, 6) is 0.587. The third-order valence-corrected chi connectivity index (χ3v) is 1.49. The van der Waals surface area contributed by atoms with Crippen LogP contribution >= 0.6 is 0 Å². The molecule has 64 valence electrons. The van der Waals surface area contributed by atoms with Crippen molar-refractivity contribution >= 4 is 0 Å². The summed E-state index contributed by atoms with van der Waals surface area (Å²) in [7, 11) is 0. The molecule has 0 unspecified atom stereocenters. The van der Waals surface area contributed by atoms with Crippen molar-refractivity contribution in [3.05, 3.63) is 17.5 Å².